The van der Waals surface area contributed by atoms with Crippen LogP contribution in [0, 0.1) is 5.82 Å². The molecule has 1 amide bonds. The predicted molar refractivity (Wildman–Crippen MR) is 144 cm³/mol. The summed E-state index contributed by atoms with van der Waals surface area (Å²) in [5, 5.41) is 3.48. The number of pyridine rings is 1. The van der Waals surface area contributed by atoms with E-state index >= 15 is 0 Å². The summed E-state index contributed by atoms with van der Waals surface area (Å²) in [5.41, 5.74) is 4.32. The molecule has 3 heterocycles. The molecule has 5 rings (SSSR count). The summed E-state index contributed by atoms with van der Waals surface area (Å²) >= 11 is 6.12. The first-order valence-corrected chi connectivity index (χ1v) is 13.1. The van der Waals surface area contributed by atoms with Gasteiger partial charge < -0.3 is 15.0 Å². The molecule has 0 radical (unpaired) electrons. The quantitative estimate of drug-likeness (QED) is 0.295. The van der Waals surface area contributed by atoms with Gasteiger partial charge in [-0.1, -0.05) is 30.7 Å². The number of nitrogens with one attached hydrogen (secondary N) is 1. The van der Waals surface area contributed by atoms with Crippen LogP contribution in [0.25, 0.3) is 5.65 Å². The lowest BCUT2D eigenvalue weighted by atomic mass is 9.89. The van der Waals surface area contributed by atoms with Gasteiger partial charge in [0.05, 0.1) is 17.3 Å². The number of ether oxygens (including phenoxy) is 1. The highest BCUT2D eigenvalue weighted by Gasteiger charge is 2.21. The zero-order valence-electron chi connectivity index (χ0n) is 20.8. The van der Waals surface area contributed by atoms with Gasteiger partial charge in [0, 0.05) is 25.0 Å². The molecule has 6 nitrogen and oxygen atoms in total. The van der Waals surface area contributed by atoms with Crippen molar-refractivity contribution in [2.75, 3.05) is 31.1 Å². The normalized spacial score (nSPS) is 14.2. The van der Waals surface area contributed by atoms with Gasteiger partial charge in [0.2, 0.25) is 0 Å². The van der Waals surface area contributed by atoms with Gasteiger partial charge in [-0.05, 0) is 79.3 Å². The number of aryl methyl sites for hydroxylation is 1. The molecule has 0 bridgehead atoms. The van der Waals surface area contributed by atoms with Crippen LogP contribution in [-0.2, 0) is 6.42 Å². The van der Waals surface area contributed by atoms with E-state index in [9.17, 15) is 9.18 Å². The maximum atomic E-state index is 13.2. The molecule has 2 aromatic heterocycles. The fourth-order valence-corrected chi connectivity index (χ4v) is 5.09. The third-order valence-electron chi connectivity index (χ3n) is 6.90. The molecule has 1 saturated heterocycles. The number of rotatable bonds is 8. The van der Waals surface area contributed by atoms with Crippen LogP contribution in [-0.4, -0.2) is 41.5 Å². The van der Waals surface area contributed by atoms with E-state index in [0.717, 1.165) is 43.1 Å². The van der Waals surface area contributed by atoms with Gasteiger partial charge >= 0.3 is 0 Å². The number of amides is 1. The van der Waals surface area contributed by atoms with Crippen LogP contribution in [0.5, 0.6) is 5.75 Å². The number of aromatic nitrogens is 2. The molecule has 1 fully saturated rings. The predicted octanol–water partition coefficient (Wildman–Crippen LogP) is 5.88. The second kappa shape index (κ2) is 11.2. The standard InChI is InChI=1S/C29H30ClFN4O2/c1-2-26-28(35-19-22(30)5-12-27(35)33-26)29(36)32-15-18-37-25-10-8-24(9-11-25)34-16-13-21(14-17-34)20-3-6-23(31)7-4-20/h3-12,19,21H,2,13-18H2,1H3,(H,32,36). The van der Waals surface area contributed by atoms with Crippen LogP contribution in [0.2, 0.25) is 5.02 Å². The van der Waals surface area contributed by atoms with E-state index in [1.54, 1.807) is 34.9 Å². The monoisotopic (exact) mass is 520 g/mol. The van der Waals surface area contributed by atoms with Crippen LogP contribution < -0.4 is 15.0 Å². The minimum atomic E-state index is -0.199. The highest BCUT2D eigenvalue weighted by atomic mass is 35.5. The molecule has 8 heteroatoms. The Kier molecular flexibility index (Phi) is 7.60. The molecular formula is C29H30ClFN4O2. The highest BCUT2D eigenvalue weighted by Crippen LogP contribution is 2.31. The number of carbonyl (C=O) groups excluding carboxylic acids is 1. The molecule has 1 aliphatic heterocycles. The van der Waals surface area contributed by atoms with Gasteiger partial charge in [0.25, 0.3) is 5.91 Å². The Labute approximate surface area is 221 Å². The summed E-state index contributed by atoms with van der Waals surface area (Å²) in [5.74, 6) is 0.846. The zero-order valence-corrected chi connectivity index (χ0v) is 21.5. The molecule has 37 heavy (non-hydrogen) atoms. The third-order valence-corrected chi connectivity index (χ3v) is 7.12. The molecule has 0 atom stereocenters. The summed E-state index contributed by atoms with van der Waals surface area (Å²) in [4.78, 5) is 19.8. The first-order chi connectivity index (χ1) is 18.0. The fourth-order valence-electron chi connectivity index (χ4n) is 4.93. The van der Waals surface area contributed by atoms with Crippen molar-refractivity contribution < 1.29 is 13.9 Å². The number of anilines is 1. The Morgan fingerprint density at radius 2 is 1.81 bits per heavy atom. The topological polar surface area (TPSA) is 58.9 Å². The van der Waals surface area contributed by atoms with Gasteiger partial charge in [-0.2, -0.15) is 0 Å². The number of benzene rings is 2. The summed E-state index contributed by atoms with van der Waals surface area (Å²) in [7, 11) is 0. The maximum Gasteiger partial charge on any atom is 0.270 e. The number of hydrogen-bond donors (Lipinski definition) is 1. The number of halogens is 2. The first kappa shape index (κ1) is 25.1. The van der Waals surface area contributed by atoms with Crippen molar-refractivity contribution in [2.24, 2.45) is 0 Å². The lowest BCUT2D eigenvalue weighted by molar-refractivity contribution is 0.0940. The highest BCUT2D eigenvalue weighted by molar-refractivity contribution is 6.30. The van der Waals surface area contributed by atoms with Gasteiger partial charge in [-0.25, -0.2) is 9.37 Å². The molecular weight excluding hydrogens is 491 g/mol. The van der Waals surface area contributed by atoms with Gasteiger partial charge in [0.1, 0.15) is 29.5 Å². The molecule has 0 aliphatic carbocycles. The lowest BCUT2D eigenvalue weighted by Gasteiger charge is -2.34. The SMILES string of the molecule is CCc1nc2ccc(Cl)cn2c1C(=O)NCCOc1ccc(N2CCC(c3ccc(F)cc3)CC2)cc1. The molecule has 4 aromatic rings. The van der Waals surface area contributed by atoms with Gasteiger partial charge in [0.15, 0.2) is 0 Å². The van der Waals surface area contributed by atoms with E-state index in [1.807, 2.05) is 31.2 Å². The number of nitrogens with zero attached hydrogens (tertiary/aromatic N) is 3. The summed E-state index contributed by atoms with van der Waals surface area (Å²) < 4.78 is 20.8. The van der Waals surface area contributed by atoms with E-state index < -0.39 is 0 Å². The molecule has 2 aromatic carbocycles. The lowest BCUT2D eigenvalue weighted by Crippen LogP contribution is -2.32. The number of carbonyl (C=O) groups is 1. The maximum absolute atomic E-state index is 13.2. The minimum Gasteiger partial charge on any atom is -0.492 e. The van der Waals surface area contributed by atoms with E-state index in [4.69, 9.17) is 16.3 Å². The van der Waals surface area contributed by atoms with Crippen molar-refractivity contribution in [3.63, 3.8) is 0 Å². The van der Waals surface area contributed by atoms with E-state index in [1.165, 1.54) is 5.56 Å². The van der Waals surface area contributed by atoms with Crippen molar-refractivity contribution >= 4 is 28.8 Å². The minimum absolute atomic E-state index is 0.186. The van der Waals surface area contributed by atoms with Crippen molar-refractivity contribution in [2.45, 2.75) is 32.1 Å². The molecule has 0 unspecified atom stereocenters. The Hall–Kier alpha value is -3.58. The van der Waals surface area contributed by atoms with Crippen molar-refractivity contribution in [3.05, 3.63) is 94.7 Å². The first-order valence-electron chi connectivity index (χ1n) is 12.7. The number of hydrogen-bond acceptors (Lipinski definition) is 4. The largest absolute Gasteiger partial charge is 0.492 e. The zero-order chi connectivity index (χ0) is 25.8. The van der Waals surface area contributed by atoms with Crippen molar-refractivity contribution in [1.82, 2.24) is 14.7 Å². The molecule has 1 N–H and O–H groups in total. The summed E-state index contributed by atoms with van der Waals surface area (Å²) in [6.45, 7) is 4.62. The van der Waals surface area contributed by atoms with Crippen molar-refractivity contribution in [3.8, 4) is 5.75 Å². The molecule has 0 spiro atoms. The van der Waals surface area contributed by atoms with Gasteiger partial charge in [-0.15, -0.1) is 0 Å². The van der Waals surface area contributed by atoms with Crippen LogP contribution in [0.3, 0.4) is 0 Å². The Morgan fingerprint density at radius 1 is 1.08 bits per heavy atom. The van der Waals surface area contributed by atoms with E-state index in [0.29, 0.717) is 41.9 Å². The average Bonchev–Trinajstić information content (AvgIpc) is 3.30. The third kappa shape index (κ3) is 5.72. The van der Waals surface area contributed by atoms with Crippen LogP contribution in [0.15, 0.2) is 66.9 Å². The number of imidazole rings is 1. The van der Waals surface area contributed by atoms with Crippen molar-refractivity contribution in [1.29, 1.82) is 0 Å². The summed E-state index contributed by atoms with van der Waals surface area (Å²) in [6, 6.07) is 18.5. The Bertz CT molecular complexity index is 1360. The van der Waals surface area contributed by atoms with E-state index in [2.05, 4.69) is 27.3 Å². The fraction of sp³-hybridized carbons (Fsp3) is 0.310. The molecule has 1 aliphatic rings. The van der Waals surface area contributed by atoms with Crippen LogP contribution in [0.4, 0.5) is 10.1 Å². The van der Waals surface area contributed by atoms with Gasteiger partial charge in [-0.3, -0.25) is 9.20 Å². The summed E-state index contributed by atoms with van der Waals surface area (Å²) in [6.07, 6.45) is 4.44. The Balaban J connectivity index is 1.10. The van der Waals surface area contributed by atoms with E-state index in [-0.39, 0.29) is 11.7 Å². The van der Waals surface area contributed by atoms with Crippen LogP contribution >= 0.6 is 11.6 Å². The second-order valence-electron chi connectivity index (χ2n) is 9.25. The number of fused-ring (bicyclic) bond motifs is 1. The van der Waals surface area contributed by atoms with Crippen LogP contribution in [0.1, 0.15) is 47.4 Å². The second-order valence-corrected chi connectivity index (χ2v) is 9.68. The average molecular weight is 521 g/mol. The molecule has 0 saturated carbocycles. The Morgan fingerprint density at radius 3 is 2.51 bits per heavy atom. The smallest absolute Gasteiger partial charge is 0.270 e. The molecule has 192 valence electrons. The number of piperidine rings is 1.